The van der Waals surface area contributed by atoms with E-state index in [2.05, 4.69) is 26.1 Å². The normalized spacial score (nSPS) is 17.6. The summed E-state index contributed by atoms with van der Waals surface area (Å²) in [4.78, 5) is 26.4. The van der Waals surface area contributed by atoms with Gasteiger partial charge in [0.05, 0.1) is 6.04 Å². The van der Waals surface area contributed by atoms with Crippen LogP contribution >= 0.6 is 0 Å². The molecule has 4 heteroatoms. The van der Waals surface area contributed by atoms with Crippen molar-refractivity contribution in [2.24, 2.45) is 0 Å². The zero-order valence-electron chi connectivity index (χ0n) is 15.0. The molecule has 1 saturated heterocycles. The summed E-state index contributed by atoms with van der Waals surface area (Å²) in [6.45, 7) is 6.94. The van der Waals surface area contributed by atoms with E-state index in [9.17, 15) is 9.59 Å². The average Bonchev–Trinajstić information content (AvgIpc) is 2.95. The van der Waals surface area contributed by atoms with Gasteiger partial charge in [-0.1, -0.05) is 51.1 Å². The van der Waals surface area contributed by atoms with E-state index in [1.54, 1.807) is 4.90 Å². The number of rotatable bonds is 3. The third kappa shape index (κ3) is 3.90. The molecular weight excluding hydrogens is 312 g/mol. The molecule has 1 aliphatic rings. The van der Waals surface area contributed by atoms with Gasteiger partial charge in [0.25, 0.3) is 5.91 Å². The van der Waals surface area contributed by atoms with E-state index in [-0.39, 0.29) is 23.3 Å². The standard InChI is InChI=1S/C21H24N2O2/c1-21(2,3)16-11-9-15(10-12-16)20(25)22-17-13-19(24)23(14-17)18-7-5-4-6-8-18/h4-12,17H,13-14H2,1-3H3,(H,22,25). The van der Waals surface area contributed by atoms with Gasteiger partial charge in [0.1, 0.15) is 0 Å². The summed E-state index contributed by atoms with van der Waals surface area (Å²) >= 11 is 0. The zero-order valence-corrected chi connectivity index (χ0v) is 15.0. The Bertz CT molecular complexity index is 761. The van der Waals surface area contributed by atoms with Crippen LogP contribution < -0.4 is 10.2 Å². The molecule has 1 unspecified atom stereocenters. The Hall–Kier alpha value is -2.62. The van der Waals surface area contributed by atoms with Gasteiger partial charge in [0.2, 0.25) is 5.91 Å². The number of nitrogens with zero attached hydrogens (tertiary/aromatic N) is 1. The van der Waals surface area contributed by atoms with Crippen LogP contribution in [0.15, 0.2) is 54.6 Å². The molecule has 0 saturated carbocycles. The van der Waals surface area contributed by atoms with Crippen molar-refractivity contribution in [3.8, 4) is 0 Å². The first-order valence-electron chi connectivity index (χ1n) is 8.61. The summed E-state index contributed by atoms with van der Waals surface area (Å²) in [6, 6.07) is 17.1. The fourth-order valence-corrected chi connectivity index (χ4v) is 3.05. The summed E-state index contributed by atoms with van der Waals surface area (Å²) < 4.78 is 0. The van der Waals surface area contributed by atoms with Crippen molar-refractivity contribution >= 4 is 17.5 Å². The number of hydrogen-bond donors (Lipinski definition) is 1. The minimum atomic E-state index is -0.164. The summed E-state index contributed by atoms with van der Waals surface area (Å²) in [5.41, 5.74) is 2.75. The van der Waals surface area contributed by atoms with Crippen LogP contribution in [-0.2, 0) is 10.2 Å². The molecule has 25 heavy (non-hydrogen) atoms. The molecule has 130 valence electrons. The van der Waals surface area contributed by atoms with Gasteiger partial charge in [0, 0.05) is 24.2 Å². The van der Waals surface area contributed by atoms with Crippen LogP contribution in [0.5, 0.6) is 0 Å². The maximum Gasteiger partial charge on any atom is 0.251 e. The third-order valence-corrected chi connectivity index (χ3v) is 4.54. The molecule has 3 rings (SSSR count). The van der Waals surface area contributed by atoms with E-state index in [0.717, 1.165) is 5.69 Å². The number of carbonyl (C=O) groups excluding carboxylic acids is 2. The lowest BCUT2D eigenvalue weighted by atomic mass is 9.86. The highest BCUT2D eigenvalue weighted by atomic mass is 16.2. The number of amides is 2. The first-order chi connectivity index (χ1) is 11.8. The molecule has 0 spiro atoms. The maximum atomic E-state index is 12.5. The fourth-order valence-electron chi connectivity index (χ4n) is 3.05. The number of nitrogens with one attached hydrogen (secondary N) is 1. The monoisotopic (exact) mass is 336 g/mol. The van der Waals surface area contributed by atoms with Gasteiger partial charge in [0.15, 0.2) is 0 Å². The Kier molecular flexibility index (Phi) is 4.62. The van der Waals surface area contributed by atoms with Gasteiger partial charge in [-0.2, -0.15) is 0 Å². The molecule has 1 heterocycles. The Morgan fingerprint density at radius 1 is 1.04 bits per heavy atom. The highest BCUT2D eigenvalue weighted by molar-refractivity contribution is 5.98. The molecule has 0 aliphatic carbocycles. The molecule has 0 bridgehead atoms. The molecule has 2 amide bonds. The van der Waals surface area contributed by atoms with E-state index >= 15 is 0 Å². The Labute approximate surface area is 148 Å². The van der Waals surface area contributed by atoms with Crippen LogP contribution in [0.3, 0.4) is 0 Å². The van der Waals surface area contributed by atoms with Crippen LogP contribution in [0.25, 0.3) is 0 Å². The second-order valence-electron chi connectivity index (χ2n) is 7.54. The van der Waals surface area contributed by atoms with Crippen molar-refractivity contribution in [2.75, 3.05) is 11.4 Å². The molecule has 0 aromatic heterocycles. The predicted octanol–water partition coefficient (Wildman–Crippen LogP) is 3.52. The van der Waals surface area contributed by atoms with Crippen LogP contribution in [0, 0.1) is 0 Å². The van der Waals surface area contributed by atoms with Crippen molar-refractivity contribution in [1.82, 2.24) is 5.32 Å². The minimum absolute atomic E-state index is 0.0413. The Balaban J connectivity index is 1.65. The van der Waals surface area contributed by atoms with Gasteiger partial charge in [-0.25, -0.2) is 0 Å². The summed E-state index contributed by atoms with van der Waals surface area (Å²) in [5.74, 6) is -0.0900. The molecule has 1 atom stereocenters. The molecule has 2 aromatic rings. The quantitative estimate of drug-likeness (QED) is 0.932. The van der Waals surface area contributed by atoms with E-state index in [4.69, 9.17) is 0 Å². The number of carbonyl (C=O) groups is 2. The average molecular weight is 336 g/mol. The molecule has 1 aliphatic heterocycles. The third-order valence-electron chi connectivity index (χ3n) is 4.54. The van der Waals surface area contributed by atoms with E-state index in [0.29, 0.717) is 18.5 Å². The van der Waals surface area contributed by atoms with Crippen LogP contribution in [0.2, 0.25) is 0 Å². The van der Waals surface area contributed by atoms with Crippen molar-refractivity contribution in [3.05, 3.63) is 65.7 Å². The topological polar surface area (TPSA) is 49.4 Å². The van der Waals surface area contributed by atoms with E-state index in [1.165, 1.54) is 5.56 Å². The second-order valence-corrected chi connectivity index (χ2v) is 7.54. The number of anilines is 1. The number of hydrogen-bond acceptors (Lipinski definition) is 2. The largest absolute Gasteiger partial charge is 0.347 e. The molecule has 4 nitrogen and oxygen atoms in total. The SMILES string of the molecule is CC(C)(C)c1ccc(C(=O)NC2CC(=O)N(c3ccccc3)C2)cc1. The summed E-state index contributed by atoms with van der Waals surface area (Å²) in [6.07, 6.45) is 0.334. The highest BCUT2D eigenvalue weighted by Gasteiger charge is 2.31. The lowest BCUT2D eigenvalue weighted by molar-refractivity contribution is -0.117. The number of para-hydroxylation sites is 1. The van der Waals surface area contributed by atoms with Crippen molar-refractivity contribution in [1.29, 1.82) is 0 Å². The molecule has 1 N–H and O–H groups in total. The van der Waals surface area contributed by atoms with Gasteiger partial charge in [-0.05, 0) is 35.2 Å². The van der Waals surface area contributed by atoms with Crippen molar-refractivity contribution in [2.45, 2.75) is 38.6 Å². The van der Waals surface area contributed by atoms with Crippen LogP contribution in [0.4, 0.5) is 5.69 Å². The number of benzene rings is 2. The van der Waals surface area contributed by atoms with Crippen LogP contribution in [-0.4, -0.2) is 24.4 Å². The second kappa shape index (κ2) is 6.71. The van der Waals surface area contributed by atoms with Gasteiger partial charge >= 0.3 is 0 Å². The van der Waals surface area contributed by atoms with Crippen molar-refractivity contribution in [3.63, 3.8) is 0 Å². The summed E-state index contributed by atoms with van der Waals surface area (Å²) in [7, 11) is 0. The summed E-state index contributed by atoms with van der Waals surface area (Å²) in [5, 5.41) is 2.98. The van der Waals surface area contributed by atoms with Crippen LogP contribution in [0.1, 0.15) is 43.1 Å². The fraction of sp³-hybridized carbons (Fsp3) is 0.333. The van der Waals surface area contributed by atoms with Gasteiger partial charge < -0.3 is 10.2 Å². The smallest absolute Gasteiger partial charge is 0.251 e. The van der Waals surface area contributed by atoms with Gasteiger partial charge in [-0.3, -0.25) is 9.59 Å². The lowest BCUT2D eigenvalue weighted by Gasteiger charge is -2.19. The van der Waals surface area contributed by atoms with Crippen molar-refractivity contribution < 1.29 is 9.59 Å². The highest BCUT2D eigenvalue weighted by Crippen LogP contribution is 2.23. The minimum Gasteiger partial charge on any atom is -0.347 e. The molecule has 0 radical (unpaired) electrons. The van der Waals surface area contributed by atoms with E-state index in [1.807, 2.05) is 54.6 Å². The first-order valence-corrected chi connectivity index (χ1v) is 8.61. The molecular formula is C21H24N2O2. The zero-order chi connectivity index (χ0) is 18.0. The lowest BCUT2D eigenvalue weighted by Crippen LogP contribution is -2.37. The van der Waals surface area contributed by atoms with Gasteiger partial charge in [-0.15, -0.1) is 0 Å². The predicted molar refractivity (Wildman–Crippen MR) is 99.8 cm³/mol. The maximum absolute atomic E-state index is 12.5. The first kappa shape index (κ1) is 17.2. The van der Waals surface area contributed by atoms with E-state index < -0.39 is 0 Å². The molecule has 1 fully saturated rings. The Morgan fingerprint density at radius 3 is 2.28 bits per heavy atom. The molecule has 2 aromatic carbocycles. The Morgan fingerprint density at radius 2 is 1.68 bits per heavy atom.